The third-order valence-electron chi connectivity index (χ3n) is 5.69. The number of para-hydroxylation sites is 2. The van der Waals surface area contributed by atoms with Crippen molar-refractivity contribution in [3.8, 4) is 23.1 Å². The zero-order valence-electron chi connectivity index (χ0n) is 21.2. The number of hydrogen-bond acceptors (Lipinski definition) is 8. The van der Waals surface area contributed by atoms with Gasteiger partial charge >= 0.3 is 5.97 Å². The summed E-state index contributed by atoms with van der Waals surface area (Å²) in [6.45, 7) is 3.93. The van der Waals surface area contributed by atoms with Crippen LogP contribution in [-0.2, 0) is 9.53 Å². The van der Waals surface area contributed by atoms with E-state index in [9.17, 15) is 9.59 Å². The van der Waals surface area contributed by atoms with E-state index in [1.807, 2.05) is 43.3 Å². The minimum Gasteiger partial charge on any atom is -0.490 e. The Labute approximate surface area is 231 Å². The Morgan fingerprint density at radius 2 is 1.85 bits per heavy atom. The van der Waals surface area contributed by atoms with Gasteiger partial charge in [-0.15, -0.1) is 0 Å². The minimum absolute atomic E-state index is 0.260. The maximum Gasteiger partial charge on any atom is 0.344 e. The average molecular weight is 590 g/mol. The van der Waals surface area contributed by atoms with Gasteiger partial charge in [0, 0.05) is 5.39 Å². The summed E-state index contributed by atoms with van der Waals surface area (Å²) in [5, 5.41) is 5.82. The molecule has 0 fully saturated rings. The van der Waals surface area contributed by atoms with E-state index in [0.29, 0.717) is 50.4 Å². The number of esters is 1. The van der Waals surface area contributed by atoms with Crippen molar-refractivity contribution in [1.82, 2.24) is 9.66 Å². The van der Waals surface area contributed by atoms with Gasteiger partial charge in [0.25, 0.3) is 5.56 Å². The SMILES string of the molecule is CCOC(=O)COc1c(Br)cc(C=Nn2c(-c3cc4ccccc4o3)nc3ccccc3c2=O)cc1OCC. The smallest absolute Gasteiger partial charge is 0.344 e. The molecule has 0 unspecified atom stereocenters. The summed E-state index contributed by atoms with van der Waals surface area (Å²) in [4.78, 5) is 30.0. The molecule has 0 saturated heterocycles. The molecule has 0 aliphatic heterocycles. The highest BCUT2D eigenvalue weighted by Crippen LogP contribution is 2.36. The van der Waals surface area contributed by atoms with Gasteiger partial charge in [-0.2, -0.15) is 9.78 Å². The molecule has 0 spiro atoms. The molecule has 5 rings (SSSR count). The van der Waals surface area contributed by atoms with Crippen LogP contribution in [0.3, 0.4) is 0 Å². The highest BCUT2D eigenvalue weighted by atomic mass is 79.9. The van der Waals surface area contributed by atoms with Gasteiger partial charge in [-0.1, -0.05) is 30.3 Å². The first-order chi connectivity index (χ1) is 19.0. The van der Waals surface area contributed by atoms with Crippen molar-refractivity contribution < 1.29 is 23.4 Å². The summed E-state index contributed by atoms with van der Waals surface area (Å²) in [7, 11) is 0. The molecule has 0 atom stereocenters. The van der Waals surface area contributed by atoms with Gasteiger partial charge in [-0.05, 0) is 71.7 Å². The van der Waals surface area contributed by atoms with Crippen LogP contribution in [0.15, 0.2) is 85.5 Å². The highest BCUT2D eigenvalue weighted by molar-refractivity contribution is 9.10. The number of ether oxygens (including phenoxy) is 3. The van der Waals surface area contributed by atoms with E-state index >= 15 is 0 Å². The molecule has 0 aliphatic rings. The van der Waals surface area contributed by atoms with Gasteiger partial charge in [0.15, 0.2) is 23.9 Å². The maximum absolute atomic E-state index is 13.5. The van der Waals surface area contributed by atoms with Crippen molar-refractivity contribution in [2.75, 3.05) is 19.8 Å². The Balaban J connectivity index is 1.57. The van der Waals surface area contributed by atoms with Crippen LogP contribution in [0.2, 0.25) is 0 Å². The van der Waals surface area contributed by atoms with Crippen LogP contribution in [0.5, 0.6) is 11.5 Å². The van der Waals surface area contributed by atoms with Crippen LogP contribution in [0.4, 0.5) is 0 Å². The topological polar surface area (TPSA) is 105 Å². The van der Waals surface area contributed by atoms with Crippen LogP contribution < -0.4 is 15.0 Å². The number of rotatable bonds is 9. The maximum atomic E-state index is 13.5. The molecule has 2 heterocycles. The van der Waals surface area contributed by atoms with E-state index in [0.717, 1.165) is 5.39 Å². The van der Waals surface area contributed by atoms with Crippen LogP contribution >= 0.6 is 15.9 Å². The van der Waals surface area contributed by atoms with Crippen LogP contribution in [0, 0.1) is 0 Å². The van der Waals surface area contributed by atoms with E-state index in [2.05, 4.69) is 21.0 Å². The molecule has 198 valence electrons. The molecule has 2 aromatic heterocycles. The van der Waals surface area contributed by atoms with Crippen molar-refractivity contribution in [3.63, 3.8) is 0 Å². The fourth-order valence-corrected chi connectivity index (χ4v) is 4.58. The molecule has 0 amide bonds. The van der Waals surface area contributed by atoms with Crippen molar-refractivity contribution in [1.29, 1.82) is 0 Å². The second-order valence-electron chi connectivity index (χ2n) is 8.32. The normalized spacial score (nSPS) is 11.4. The molecule has 3 aromatic carbocycles. The predicted molar refractivity (Wildman–Crippen MR) is 152 cm³/mol. The minimum atomic E-state index is -0.487. The fraction of sp³-hybridized carbons (Fsp3) is 0.172. The molecule has 9 nitrogen and oxygen atoms in total. The largest absolute Gasteiger partial charge is 0.490 e. The Bertz CT molecular complexity index is 1720. The third-order valence-corrected chi connectivity index (χ3v) is 6.28. The Morgan fingerprint density at radius 1 is 1.05 bits per heavy atom. The number of halogens is 1. The quantitative estimate of drug-likeness (QED) is 0.158. The van der Waals surface area contributed by atoms with E-state index < -0.39 is 5.97 Å². The Morgan fingerprint density at radius 3 is 2.64 bits per heavy atom. The second-order valence-corrected chi connectivity index (χ2v) is 9.17. The molecule has 0 bridgehead atoms. The van der Waals surface area contributed by atoms with Crippen molar-refractivity contribution in [2.24, 2.45) is 5.10 Å². The Kier molecular flexibility index (Phi) is 7.74. The summed E-state index contributed by atoms with van der Waals surface area (Å²) in [6, 6.07) is 19.9. The first kappa shape index (κ1) is 26.2. The third kappa shape index (κ3) is 5.56. The van der Waals surface area contributed by atoms with Gasteiger partial charge in [0.1, 0.15) is 5.58 Å². The molecule has 5 aromatic rings. The van der Waals surface area contributed by atoms with Gasteiger partial charge in [-0.25, -0.2) is 9.78 Å². The number of furan rings is 1. The summed E-state index contributed by atoms with van der Waals surface area (Å²) in [6.07, 6.45) is 1.52. The molecule has 0 saturated carbocycles. The van der Waals surface area contributed by atoms with E-state index in [1.54, 1.807) is 37.3 Å². The first-order valence-corrected chi connectivity index (χ1v) is 13.1. The number of carbonyl (C=O) groups excluding carboxylic acids is 1. The zero-order chi connectivity index (χ0) is 27.4. The summed E-state index contributed by atoms with van der Waals surface area (Å²) >= 11 is 3.49. The summed E-state index contributed by atoms with van der Waals surface area (Å²) in [5.74, 6) is 0.951. The number of nitrogens with zero attached hydrogens (tertiary/aromatic N) is 3. The molecular weight excluding hydrogens is 566 g/mol. The molecule has 39 heavy (non-hydrogen) atoms. The lowest BCUT2D eigenvalue weighted by Crippen LogP contribution is -2.20. The van der Waals surface area contributed by atoms with Crippen molar-refractivity contribution >= 4 is 50.0 Å². The highest BCUT2D eigenvalue weighted by Gasteiger charge is 2.17. The van der Waals surface area contributed by atoms with E-state index in [4.69, 9.17) is 23.6 Å². The molecule has 10 heteroatoms. The van der Waals surface area contributed by atoms with Gasteiger partial charge < -0.3 is 18.6 Å². The van der Waals surface area contributed by atoms with Crippen molar-refractivity contribution in [3.05, 3.63) is 87.1 Å². The number of aromatic nitrogens is 2. The fourth-order valence-electron chi connectivity index (χ4n) is 4.01. The molecule has 0 N–H and O–H groups in total. The first-order valence-electron chi connectivity index (χ1n) is 12.3. The number of carbonyl (C=O) groups is 1. The lowest BCUT2D eigenvalue weighted by molar-refractivity contribution is -0.145. The average Bonchev–Trinajstić information content (AvgIpc) is 3.37. The number of benzene rings is 3. The van der Waals surface area contributed by atoms with Crippen molar-refractivity contribution in [2.45, 2.75) is 13.8 Å². The molecular formula is C29H24BrN3O6. The molecule has 0 aliphatic carbocycles. The monoisotopic (exact) mass is 589 g/mol. The standard InChI is InChI=1S/C29H24BrN3O6/c1-3-36-24-14-18(13-21(30)27(24)38-17-26(34)37-4-2)16-31-33-28(25-15-19-9-5-8-12-23(19)39-25)32-22-11-7-6-10-20(22)29(33)35/h5-16H,3-4,17H2,1-2H3. The lowest BCUT2D eigenvalue weighted by Gasteiger charge is -2.14. The van der Waals surface area contributed by atoms with E-state index in [1.165, 1.54) is 10.9 Å². The van der Waals surface area contributed by atoms with Gasteiger partial charge in [0.05, 0.1) is 34.8 Å². The van der Waals surface area contributed by atoms with Crippen LogP contribution in [0.25, 0.3) is 33.5 Å². The molecule has 0 radical (unpaired) electrons. The van der Waals surface area contributed by atoms with Gasteiger partial charge in [-0.3, -0.25) is 4.79 Å². The zero-order valence-corrected chi connectivity index (χ0v) is 22.8. The lowest BCUT2D eigenvalue weighted by atomic mass is 10.2. The van der Waals surface area contributed by atoms with Gasteiger partial charge in [0.2, 0.25) is 5.82 Å². The summed E-state index contributed by atoms with van der Waals surface area (Å²) < 4.78 is 24.1. The van der Waals surface area contributed by atoms with E-state index in [-0.39, 0.29) is 24.6 Å². The number of fused-ring (bicyclic) bond motifs is 2. The van der Waals surface area contributed by atoms with Crippen LogP contribution in [0.1, 0.15) is 19.4 Å². The second kappa shape index (κ2) is 11.5. The predicted octanol–water partition coefficient (Wildman–Crippen LogP) is 5.80. The number of hydrogen-bond donors (Lipinski definition) is 0. The Hall–Kier alpha value is -4.44. The van der Waals surface area contributed by atoms with Crippen LogP contribution in [-0.4, -0.2) is 41.7 Å². The summed E-state index contributed by atoms with van der Waals surface area (Å²) in [5.41, 5.74) is 1.48.